The summed E-state index contributed by atoms with van der Waals surface area (Å²) in [7, 11) is 0. The molecule has 0 fully saturated rings. The summed E-state index contributed by atoms with van der Waals surface area (Å²) >= 11 is 0. The SMILES string of the molecule is C=CC(C)(COc1cccc([N+](=O)[O-])c1)OC=O. The molecule has 96 valence electrons. The molecule has 0 saturated heterocycles. The molecule has 0 N–H and O–H groups in total. The first-order valence-corrected chi connectivity index (χ1v) is 5.13. The highest BCUT2D eigenvalue weighted by molar-refractivity contribution is 5.40. The number of nitro groups is 1. The minimum absolute atomic E-state index is 0.0242. The number of ether oxygens (including phenoxy) is 2. The zero-order valence-electron chi connectivity index (χ0n) is 9.87. The van der Waals surface area contributed by atoms with Gasteiger partial charge in [0.2, 0.25) is 0 Å². The van der Waals surface area contributed by atoms with Crippen LogP contribution in [-0.4, -0.2) is 23.6 Å². The van der Waals surface area contributed by atoms with Crippen molar-refractivity contribution in [2.75, 3.05) is 6.61 Å². The van der Waals surface area contributed by atoms with E-state index in [0.29, 0.717) is 12.2 Å². The summed E-state index contributed by atoms with van der Waals surface area (Å²) < 4.78 is 10.2. The molecule has 1 aromatic carbocycles. The Hall–Kier alpha value is -2.37. The number of carbonyl (C=O) groups excluding carboxylic acids is 1. The highest BCUT2D eigenvalue weighted by Crippen LogP contribution is 2.21. The number of non-ortho nitro benzene ring substituents is 1. The van der Waals surface area contributed by atoms with Crippen LogP contribution < -0.4 is 4.74 Å². The van der Waals surface area contributed by atoms with Crippen molar-refractivity contribution in [2.45, 2.75) is 12.5 Å². The van der Waals surface area contributed by atoms with Gasteiger partial charge in [-0.05, 0) is 19.1 Å². The van der Waals surface area contributed by atoms with Crippen LogP contribution in [0.4, 0.5) is 5.69 Å². The third-order valence-corrected chi connectivity index (χ3v) is 2.30. The Morgan fingerprint density at radius 3 is 2.83 bits per heavy atom. The molecule has 6 nitrogen and oxygen atoms in total. The maximum absolute atomic E-state index is 10.6. The Morgan fingerprint density at radius 1 is 1.56 bits per heavy atom. The number of carbonyl (C=O) groups is 1. The Bertz CT molecular complexity index is 460. The van der Waals surface area contributed by atoms with Crippen LogP contribution in [-0.2, 0) is 9.53 Å². The second-order valence-corrected chi connectivity index (χ2v) is 3.77. The van der Waals surface area contributed by atoms with Gasteiger partial charge in [-0.3, -0.25) is 14.9 Å². The van der Waals surface area contributed by atoms with E-state index in [4.69, 9.17) is 9.47 Å². The van der Waals surface area contributed by atoms with Gasteiger partial charge in [0.15, 0.2) is 5.60 Å². The van der Waals surface area contributed by atoms with Crippen LogP contribution in [0.1, 0.15) is 6.92 Å². The standard InChI is InChI=1S/C12H13NO5/c1-3-12(2,18-9-14)8-17-11-6-4-5-10(7-11)13(15)16/h3-7,9H,1,8H2,2H3. The van der Waals surface area contributed by atoms with Crippen LogP contribution in [0.3, 0.4) is 0 Å². The number of hydrogen-bond acceptors (Lipinski definition) is 5. The lowest BCUT2D eigenvalue weighted by Gasteiger charge is -2.23. The Labute approximate surface area is 104 Å². The first-order valence-electron chi connectivity index (χ1n) is 5.13. The van der Waals surface area contributed by atoms with Gasteiger partial charge in [-0.1, -0.05) is 12.6 Å². The topological polar surface area (TPSA) is 78.7 Å². The largest absolute Gasteiger partial charge is 0.489 e. The highest BCUT2D eigenvalue weighted by atomic mass is 16.6. The predicted molar refractivity (Wildman–Crippen MR) is 64.3 cm³/mol. The fourth-order valence-corrected chi connectivity index (χ4v) is 1.16. The molecule has 0 aliphatic heterocycles. The summed E-state index contributed by atoms with van der Waals surface area (Å²) in [6.07, 6.45) is 1.43. The normalized spacial score (nSPS) is 13.2. The summed E-state index contributed by atoms with van der Waals surface area (Å²) in [6.45, 7) is 5.48. The van der Waals surface area contributed by atoms with Gasteiger partial charge < -0.3 is 9.47 Å². The number of rotatable bonds is 7. The van der Waals surface area contributed by atoms with Crippen molar-refractivity contribution in [2.24, 2.45) is 0 Å². The van der Waals surface area contributed by atoms with E-state index in [-0.39, 0.29) is 12.3 Å². The van der Waals surface area contributed by atoms with E-state index < -0.39 is 10.5 Å². The quantitative estimate of drug-likeness (QED) is 0.321. The van der Waals surface area contributed by atoms with Gasteiger partial charge in [-0.25, -0.2) is 0 Å². The van der Waals surface area contributed by atoms with Crippen LogP contribution in [0.15, 0.2) is 36.9 Å². The molecule has 1 unspecified atom stereocenters. The van der Waals surface area contributed by atoms with Crippen molar-refractivity contribution in [1.82, 2.24) is 0 Å². The summed E-state index contributed by atoms with van der Waals surface area (Å²) in [5.41, 5.74) is -1.03. The molecule has 0 heterocycles. The average Bonchev–Trinajstić information content (AvgIpc) is 2.37. The molecule has 0 bridgehead atoms. The van der Waals surface area contributed by atoms with Crippen molar-refractivity contribution in [3.05, 3.63) is 47.0 Å². The predicted octanol–water partition coefficient (Wildman–Crippen LogP) is 2.09. The number of hydrogen-bond donors (Lipinski definition) is 0. The molecule has 0 aromatic heterocycles. The number of nitrogens with zero attached hydrogens (tertiary/aromatic N) is 1. The average molecular weight is 251 g/mol. The molecule has 0 spiro atoms. The first-order chi connectivity index (χ1) is 8.50. The van der Waals surface area contributed by atoms with Gasteiger partial charge >= 0.3 is 0 Å². The van der Waals surface area contributed by atoms with Gasteiger partial charge in [0.05, 0.1) is 11.0 Å². The smallest absolute Gasteiger partial charge is 0.294 e. The summed E-state index contributed by atoms with van der Waals surface area (Å²) in [5, 5.41) is 10.6. The summed E-state index contributed by atoms with van der Waals surface area (Å²) in [6, 6.07) is 5.75. The van der Waals surface area contributed by atoms with Gasteiger partial charge in [-0.15, -0.1) is 0 Å². The van der Waals surface area contributed by atoms with E-state index >= 15 is 0 Å². The number of benzene rings is 1. The van der Waals surface area contributed by atoms with Crippen LogP contribution in [0.2, 0.25) is 0 Å². The van der Waals surface area contributed by atoms with Crippen LogP contribution >= 0.6 is 0 Å². The van der Waals surface area contributed by atoms with Crippen molar-refractivity contribution in [3.8, 4) is 5.75 Å². The molecule has 0 aliphatic carbocycles. The monoisotopic (exact) mass is 251 g/mol. The van der Waals surface area contributed by atoms with E-state index in [1.165, 1.54) is 24.3 Å². The fourth-order valence-electron chi connectivity index (χ4n) is 1.16. The number of nitro benzene ring substituents is 1. The highest BCUT2D eigenvalue weighted by Gasteiger charge is 2.22. The Kier molecular flexibility index (Phi) is 4.42. The molecular formula is C12H13NO5. The van der Waals surface area contributed by atoms with Gasteiger partial charge in [0.1, 0.15) is 12.4 Å². The molecule has 0 amide bonds. The molecule has 1 rings (SSSR count). The lowest BCUT2D eigenvalue weighted by Crippen LogP contribution is -2.33. The second-order valence-electron chi connectivity index (χ2n) is 3.77. The Morgan fingerprint density at radius 2 is 2.28 bits per heavy atom. The van der Waals surface area contributed by atoms with Crippen LogP contribution in [0.25, 0.3) is 0 Å². The minimum Gasteiger partial charge on any atom is -0.489 e. The van der Waals surface area contributed by atoms with Gasteiger partial charge in [-0.2, -0.15) is 0 Å². The lowest BCUT2D eigenvalue weighted by atomic mass is 10.1. The molecular weight excluding hydrogens is 238 g/mol. The third kappa shape index (κ3) is 3.58. The molecule has 0 saturated carbocycles. The summed E-state index contributed by atoms with van der Waals surface area (Å²) in [4.78, 5) is 20.4. The lowest BCUT2D eigenvalue weighted by molar-refractivity contribution is -0.384. The van der Waals surface area contributed by atoms with Crippen molar-refractivity contribution in [3.63, 3.8) is 0 Å². The van der Waals surface area contributed by atoms with E-state index in [1.807, 2.05) is 0 Å². The zero-order chi connectivity index (χ0) is 13.6. The van der Waals surface area contributed by atoms with Crippen molar-refractivity contribution in [1.29, 1.82) is 0 Å². The molecule has 18 heavy (non-hydrogen) atoms. The van der Waals surface area contributed by atoms with Crippen molar-refractivity contribution >= 4 is 12.2 Å². The molecule has 1 aromatic rings. The van der Waals surface area contributed by atoms with Gasteiger partial charge in [0.25, 0.3) is 12.2 Å². The molecule has 6 heteroatoms. The first kappa shape index (κ1) is 13.7. The molecule has 1 atom stereocenters. The van der Waals surface area contributed by atoms with Crippen molar-refractivity contribution < 1.29 is 19.2 Å². The maximum atomic E-state index is 10.6. The Balaban J connectivity index is 2.73. The molecule has 0 aliphatic rings. The molecule has 0 radical (unpaired) electrons. The van der Waals surface area contributed by atoms with Crippen LogP contribution in [0.5, 0.6) is 5.75 Å². The van der Waals surface area contributed by atoms with Crippen LogP contribution in [0, 0.1) is 10.1 Å². The second kappa shape index (κ2) is 5.81. The van der Waals surface area contributed by atoms with E-state index in [0.717, 1.165) is 0 Å². The fraction of sp³-hybridized carbons (Fsp3) is 0.250. The summed E-state index contributed by atoms with van der Waals surface area (Å²) in [5.74, 6) is 0.326. The van der Waals surface area contributed by atoms with E-state index in [9.17, 15) is 14.9 Å². The third-order valence-electron chi connectivity index (χ3n) is 2.30. The maximum Gasteiger partial charge on any atom is 0.294 e. The minimum atomic E-state index is -0.966. The van der Waals surface area contributed by atoms with Gasteiger partial charge in [0, 0.05) is 6.07 Å². The van der Waals surface area contributed by atoms with E-state index in [2.05, 4.69) is 6.58 Å². The zero-order valence-corrected chi connectivity index (χ0v) is 9.87. The van der Waals surface area contributed by atoms with E-state index in [1.54, 1.807) is 13.0 Å².